The van der Waals surface area contributed by atoms with E-state index in [0.717, 1.165) is 12.1 Å². The van der Waals surface area contributed by atoms with Crippen LogP contribution in [0, 0.1) is 11.3 Å². The third-order valence-electron chi connectivity index (χ3n) is 6.78. The lowest BCUT2D eigenvalue weighted by atomic mass is 9.93. The van der Waals surface area contributed by atoms with Gasteiger partial charge in [0.15, 0.2) is 0 Å². The summed E-state index contributed by atoms with van der Waals surface area (Å²) in [5, 5.41) is 13.7. The van der Waals surface area contributed by atoms with Crippen LogP contribution in [0.3, 0.4) is 0 Å². The second-order valence-corrected chi connectivity index (χ2v) is 10.8. The van der Waals surface area contributed by atoms with E-state index in [9.17, 15) is 32.2 Å². The number of methoxy groups -OCH3 is 1. The molecule has 10 nitrogen and oxygen atoms in total. The highest BCUT2D eigenvalue weighted by molar-refractivity contribution is 7.81. The number of alkyl halides is 3. The van der Waals surface area contributed by atoms with Gasteiger partial charge in [-0.25, -0.2) is 27.4 Å². The number of hydrogen-bond acceptors (Lipinski definition) is 7. The van der Waals surface area contributed by atoms with Gasteiger partial charge in [-0.2, -0.15) is 18.4 Å². The van der Waals surface area contributed by atoms with Crippen molar-refractivity contribution in [1.82, 2.24) is 18.7 Å². The van der Waals surface area contributed by atoms with E-state index in [2.05, 4.69) is 5.10 Å². The molecule has 4 rings (SSSR count). The van der Waals surface area contributed by atoms with Gasteiger partial charge in [-0.05, 0) is 56.3 Å². The van der Waals surface area contributed by atoms with Gasteiger partial charge in [0.05, 0.1) is 40.9 Å². The molecule has 41 heavy (non-hydrogen) atoms. The molecule has 2 atom stereocenters. The monoisotopic (exact) mass is 588 g/mol. The average molecular weight is 589 g/mol. The Balaban J connectivity index is 1.95. The number of anilines is 2. The molecule has 3 aromatic rings. The van der Waals surface area contributed by atoms with E-state index in [1.165, 1.54) is 51.8 Å². The number of halogens is 3. The summed E-state index contributed by atoms with van der Waals surface area (Å²) in [6.45, 7) is 2.05. The zero-order valence-electron chi connectivity index (χ0n) is 22.7. The van der Waals surface area contributed by atoms with E-state index in [1.54, 1.807) is 30.4 Å². The first-order valence-electron chi connectivity index (χ1n) is 12.4. The molecule has 1 aliphatic heterocycles. The predicted molar refractivity (Wildman–Crippen MR) is 145 cm³/mol. The Morgan fingerprint density at radius 3 is 2.49 bits per heavy atom. The molecule has 0 saturated heterocycles. The fourth-order valence-electron chi connectivity index (χ4n) is 4.66. The number of nitriles is 1. The summed E-state index contributed by atoms with van der Waals surface area (Å²) in [6.07, 6.45) is -2.71. The van der Waals surface area contributed by atoms with Crippen LogP contribution in [-0.4, -0.2) is 55.8 Å². The standard InChI is InChI=1S/C27H27F3N6O4S/c1-17-22(24(37)40-3)23(19-11-9-18(16-31)10-12-19)36-25(32-34(26(36)38)14-6-13-33(2)41(4)39)35(17)21-8-5-7-20(15-21)27(28,29)30/h5,7-12,15,23H,6,13-14H2,1-4H3. The molecule has 216 valence electrons. The van der Waals surface area contributed by atoms with Crippen molar-refractivity contribution in [1.29, 1.82) is 5.26 Å². The average Bonchev–Trinajstić information content (AvgIpc) is 3.26. The molecule has 2 heterocycles. The molecule has 1 aliphatic rings. The minimum atomic E-state index is -4.63. The molecule has 0 amide bonds. The highest BCUT2D eigenvalue weighted by Crippen LogP contribution is 2.43. The second-order valence-electron chi connectivity index (χ2n) is 9.32. The Morgan fingerprint density at radius 2 is 1.90 bits per heavy atom. The third-order valence-corrected chi connectivity index (χ3v) is 7.84. The number of ether oxygens (including phenoxy) is 1. The molecule has 2 unspecified atom stereocenters. The summed E-state index contributed by atoms with van der Waals surface area (Å²) in [5.41, 5.74) is -0.425. The Kier molecular flexibility index (Phi) is 8.50. The minimum Gasteiger partial charge on any atom is -0.466 e. The fourth-order valence-corrected chi connectivity index (χ4v) is 5.04. The molecule has 14 heteroatoms. The number of esters is 1. The summed E-state index contributed by atoms with van der Waals surface area (Å²) in [6, 6.07) is 11.7. The zero-order valence-corrected chi connectivity index (χ0v) is 23.5. The number of aryl methyl sites for hydroxylation is 1. The number of rotatable bonds is 8. The highest BCUT2D eigenvalue weighted by Gasteiger charge is 2.41. The summed E-state index contributed by atoms with van der Waals surface area (Å²) in [7, 11) is 1.62. The van der Waals surface area contributed by atoms with Gasteiger partial charge in [-0.1, -0.05) is 18.2 Å². The van der Waals surface area contributed by atoms with E-state index in [-0.39, 0.29) is 29.5 Å². The number of nitrogens with zero attached hydrogens (tertiary/aromatic N) is 6. The van der Waals surface area contributed by atoms with Gasteiger partial charge in [0.2, 0.25) is 5.95 Å². The molecular weight excluding hydrogens is 561 g/mol. The van der Waals surface area contributed by atoms with Gasteiger partial charge >= 0.3 is 17.8 Å². The maximum absolute atomic E-state index is 13.9. The van der Waals surface area contributed by atoms with E-state index >= 15 is 0 Å². The van der Waals surface area contributed by atoms with Crippen molar-refractivity contribution in [3.63, 3.8) is 0 Å². The van der Waals surface area contributed by atoms with Crippen LogP contribution in [0.4, 0.5) is 24.8 Å². The predicted octanol–water partition coefficient (Wildman–Crippen LogP) is 3.74. The number of carbonyl (C=O) groups excluding carboxylic acids is 1. The van der Waals surface area contributed by atoms with Crippen LogP contribution in [0.15, 0.2) is 64.6 Å². The number of fused-ring (bicyclic) bond motifs is 1. The topological polar surface area (TPSA) is 113 Å². The number of allylic oxidation sites excluding steroid dienone is 1. The van der Waals surface area contributed by atoms with Crippen LogP contribution >= 0.6 is 0 Å². The van der Waals surface area contributed by atoms with Crippen molar-refractivity contribution in [3.8, 4) is 6.07 Å². The number of aromatic nitrogens is 3. The Hall–Kier alpha value is -4.22. The van der Waals surface area contributed by atoms with E-state index in [1.807, 2.05) is 6.07 Å². The molecule has 0 saturated carbocycles. The summed E-state index contributed by atoms with van der Waals surface area (Å²) in [4.78, 5) is 28.4. The van der Waals surface area contributed by atoms with Crippen LogP contribution in [0.2, 0.25) is 0 Å². The second kappa shape index (κ2) is 11.7. The smallest absolute Gasteiger partial charge is 0.416 e. The van der Waals surface area contributed by atoms with Crippen molar-refractivity contribution < 1.29 is 26.9 Å². The molecule has 0 spiro atoms. The van der Waals surface area contributed by atoms with E-state index in [4.69, 9.17) is 4.74 Å². The van der Waals surface area contributed by atoms with Crippen molar-refractivity contribution in [2.24, 2.45) is 0 Å². The molecule has 0 radical (unpaired) electrons. The zero-order chi connectivity index (χ0) is 30.1. The number of hydrogen-bond donors (Lipinski definition) is 0. The summed E-state index contributed by atoms with van der Waals surface area (Å²) in [5.74, 6) is -0.785. The molecule has 2 aromatic carbocycles. The summed E-state index contributed by atoms with van der Waals surface area (Å²) < 4.78 is 61.7. The molecule has 1 aromatic heterocycles. The van der Waals surface area contributed by atoms with Crippen LogP contribution < -0.4 is 10.6 Å². The molecule has 0 aliphatic carbocycles. The molecule has 0 fully saturated rings. The maximum atomic E-state index is 13.9. The van der Waals surface area contributed by atoms with Gasteiger partial charge < -0.3 is 4.74 Å². The van der Waals surface area contributed by atoms with E-state index in [0.29, 0.717) is 24.1 Å². The first-order valence-corrected chi connectivity index (χ1v) is 13.9. The SMILES string of the molecule is COC(=O)C1=C(C)N(c2cccc(C(F)(F)F)c2)c2nn(CCCN(C)S(C)=O)c(=O)n2C1c1ccc(C#N)cc1. The van der Waals surface area contributed by atoms with Crippen LogP contribution in [0.5, 0.6) is 0 Å². The largest absolute Gasteiger partial charge is 0.466 e. The molecule has 0 N–H and O–H groups in total. The molecular formula is C27H27F3N6O4S. The lowest BCUT2D eigenvalue weighted by Crippen LogP contribution is -2.38. The Morgan fingerprint density at radius 1 is 1.22 bits per heavy atom. The van der Waals surface area contributed by atoms with Crippen LogP contribution in [0.25, 0.3) is 0 Å². The van der Waals surface area contributed by atoms with Gasteiger partial charge in [-0.15, -0.1) is 5.10 Å². The molecule has 0 bridgehead atoms. The van der Waals surface area contributed by atoms with Gasteiger partial charge in [0.25, 0.3) is 0 Å². The van der Waals surface area contributed by atoms with Crippen LogP contribution in [-0.2, 0) is 33.2 Å². The Bertz CT molecular complexity index is 1620. The van der Waals surface area contributed by atoms with Crippen LogP contribution in [0.1, 0.15) is 36.1 Å². The Labute approximate surface area is 236 Å². The van der Waals surface area contributed by atoms with Gasteiger partial charge in [0, 0.05) is 30.7 Å². The van der Waals surface area contributed by atoms with Crippen molar-refractivity contribution in [3.05, 3.63) is 87.0 Å². The summed E-state index contributed by atoms with van der Waals surface area (Å²) >= 11 is 0. The van der Waals surface area contributed by atoms with Crippen molar-refractivity contribution in [2.75, 3.05) is 31.9 Å². The first-order chi connectivity index (χ1) is 19.4. The lowest BCUT2D eigenvalue weighted by molar-refractivity contribution is -0.138. The fraction of sp³-hybridized carbons (Fsp3) is 0.333. The third kappa shape index (κ3) is 5.82. The van der Waals surface area contributed by atoms with Crippen molar-refractivity contribution in [2.45, 2.75) is 32.1 Å². The normalized spacial score (nSPS) is 16.0. The van der Waals surface area contributed by atoms with Gasteiger partial charge in [0.1, 0.15) is 6.04 Å². The van der Waals surface area contributed by atoms with Gasteiger partial charge in [-0.3, -0.25) is 4.90 Å². The quantitative estimate of drug-likeness (QED) is 0.369. The highest BCUT2D eigenvalue weighted by atomic mass is 32.2. The number of carbonyl (C=O) groups is 1. The first kappa shape index (κ1) is 29.8. The number of benzene rings is 2. The maximum Gasteiger partial charge on any atom is 0.416 e. The minimum absolute atomic E-state index is 0.00117. The van der Waals surface area contributed by atoms with E-state index < -0.39 is 40.4 Å². The lowest BCUT2D eigenvalue weighted by Gasteiger charge is -2.35. The van der Waals surface area contributed by atoms with Crippen molar-refractivity contribution >= 4 is 28.6 Å².